The Morgan fingerprint density at radius 3 is 1.58 bits per heavy atom. The molecule has 4 aromatic carbocycles. The van der Waals surface area contributed by atoms with Gasteiger partial charge in [0.15, 0.2) is 0 Å². The average Bonchev–Trinajstić information content (AvgIpc) is 2.83. The van der Waals surface area contributed by atoms with Crippen LogP contribution in [0.2, 0.25) is 0 Å². The molecule has 2 nitrogen and oxygen atoms in total. The molecule has 4 aromatic rings. The van der Waals surface area contributed by atoms with E-state index in [4.69, 9.17) is 4.74 Å². The molecule has 182 valence electrons. The van der Waals surface area contributed by atoms with Crippen molar-refractivity contribution in [2.24, 2.45) is 0 Å². The minimum absolute atomic E-state index is 0.136. The lowest BCUT2D eigenvalue weighted by Crippen LogP contribution is -2.09. The molecule has 7 heteroatoms. The molecule has 0 aromatic heterocycles. The number of rotatable bonds is 5. The molecule has 0 saturated heterocycles. The number of hydrogen-bond acceptors (Lipinski definition) is 2. The van der Waals surface area contributed by atoms with Crippen molar-refractivity contribution in [1.82, 2.24) is 0 Å². The van der Waals surface area contributed by atoms with Gasteiger partial charge in [0.05, 0.1) is 5.56 Å². The number of allylic oxidation sites excluding steroid dienone is 1. The first-order valence-electron chi connectivity index (χ1n) is 10.8. The van der Waals surface area contributed by atoms with Crippen molar-refractivity contribution in [2.45, 2.75) is 13.1 Å². The highest BCUT2D eigenvalue weighted by Gasteiger charge is 2.23. The number of alkyl halides is 3. The lowest BCUT2D eigenvalue weighted by atomic mass is 9.99. The van der Waals surface area contributed by atoms with E-state index in [0.717, 1.165) is 22.3 Å². The first kappa shape index (κ1) is 24.9. The van der Waals surface area contributed by atoms with E-state index in [1.807, 2.05) is 43.3 Å². The molecule has 0 saturated carbocycles. The van der Waals surface area contributed by atoms with Crippen LogP contribution in [0.1, 0.15) is 21.5 Å². The smallest absolute Gasteiger partial charge is 0.409 e. The van der Waals surface area contributed by atoms with Crippen LogP contribution in [0.25, 0.3) is 28.3 Å². The van der Waals surface area contributed by atoms with Crippen LogP contribution in [-0.4, -0.2) is 12.1 Å². The largest absolute Gasteiger partial charge is 0.423 e. The number of aryl methyl sites for hydroxylation is 1. The summed E-state index contributed by atoms with van der Waals surface area (Å²) < 4.78 is 70.0. The first-order valence-corrected chi connectivity index (χ1v) is 10.8. The van der Waals surface area contributed by atoms with Gasteiger partial charge in [-0.1, -0.05) is 66.2 Å². The van der Waals surface area contributed by atoms with Crippen LogP contribution in [0.3, 0.4) is 0 Å². The molecule has 0 unspecified atom stereocenters. The number of benzene rings is 4. The summed E-state index contributed by atoms with van der Waals surface area (Å²) in [7, 11) is 0. The Kier molecular flexibility index (Phi) is 7.01. The molecule has 0 aliphatic heterocycles. The van der Waals surface area contributed by atoms with Crippen molar-refractivity contribution in [1.29, 1.82) is 0 Å². The minimum atomic E-state index is -4.72. The Labute approximate surface area is 204 Å². The number of esters is 1. The van der Waals surface area contributed by atoms with E-state index in [2.05, 4.69) is 12.1 Å². The molecule has 0 heterocycles. The van der Waals surface area contributed by atoms with Gasteiger partial charge in [-0.2, -0.15) is 13.2 Å². The minimum Gasteiger partial charge on any atom is -0.423 e. The zero-order valence-electron chi connectivity index (χ0n) is 18.9. The van der Waals surface area contributed by atoms with Crippen LogP contribution >= 0.6 is 0 Å². The lowest BCUT2D eigenvalue weighted by Gasteiger charge is -2.09. The third kappa shape index (κ3) is 6.05. The SMILES string of the molecule is Cc1ccc(-c2ccc(-c3ccc(C(=O)Oc4cc(F)c(/C=C/C(F)(F)F)c(F)c4)cc3)cc2)cc1. The summed E-state index contributed by atoms with van der Waals surface area (Å²) >= 11 is 0. The van der Waals surface area contributed by atoms with E-state index in [0.29, 0.717) is 12.1 Å². The molecule has 0 aliphatic carbocycles. The molecule has 0 fully saturated rings. The van der Waals surface area contributed by atoms with Crippen LogP contribution < -0.4 is 4.74 Å². The summed E-state index contributed by atoms with van der Waals surface area (Å²) in [5.74, 6) is -3.91. The summed E-state index contributed by atoms with van der Waals surface area (Å²) in [5, 5.41) is 0. The summed E-state index contributed by atoms with van der Waals surface area (Å²) in [6.45, 7) is 2.03. The third-order valence-corrected chi connectivity index (χ3v) is 5.43. The highest BCUT2D eigenvalue weighted by molar-refractivity contribution is 5.91. The van der Waals surface area contributed by atoms with Gasteiger partial charge in [-0.05, 0) is 47.4 Å². The standard InChI is InChI=1S/C29H19F5O2/c1-18-2-4-19(5-3-18)20-6-8-21(9-7-20)22-10-12-23(13-11-22)28(35)36-24-16-26(30)25(27(31)17-24)14-15-29(32,33)34/h2-17H,1H3/b15-14+. The molecule has 0 aliphatic rings. The number of ether oxygens (including phenoxy) is 1. The maximum absolute atomic E-state index is 14.1. The molecule has 36 heavy (non-hydrogen) atoms. The van der Waals surface area contributed by atoms with Crippen molar-refractivity contribution in [2.75, 3.05) is 0 Å². The molecule has 0 amide bonds. The van der Waals surface area contributed by atoms with Crippen LogP contribution in [0, 0.1) is 18.6 Å². The van der Waals surface area contributed by atoms with Gasteiger partial charge in [-0.15, -0.1) is 0 Å². The zero-order chi connectivity index (χ0) is 25.9. The van der Waals surface area contributed by atoms with Gasteiger partial charge in [0.2, 0.25) is 0 Å². The predicted octanol–water partition coefficient (Wildman–Crippen LogP) is 8.40. The second kappa shape index (κ2) is 10.2. The van der Waals surface area contributed by atoms with Crippen molar-refractivity contribution in [3.8, 4) is 28.0 Å². The Bertz CT molecular complexity index is 1380. The fraction of sp³-hybridized carbons (Fsp3) is 0.0690. The van der Waals surface area contributed by atoms with Crippen molar-refractivity contribution < 1.29 is 31.5 Å². The van der Waals surface area contributed by atoms with Gasteiger partial charge in [-0.3, -0.25) is 0 Å². The van der Waals surface area contributed by atoms with E-state index in [9.17, 15) is 26.7 Å². The summed E-state index contributed by atoms with van der Waals surface area (Å²) in [6, 6.07) is 23.9. The molecule has 0 radical (unpaired) electrons. The summed E-state index contributed by atoms with van der Waals surface area (Å²) in [4.78, 5) is 12.4. The third-order valence-electron chi connectivity index (χ3n) is 5.43. The molecular weight excluding hydrogens is 475 g/mol. The van der Waals surface area contributed by atoms with E-state index in [1.54, 1.807) is 12.1 Å². The van der Waals surface area contributed by atoms with Crippen LogP contribution in [0.15, 0.2) is 91.0 Å². The quantitative estimate of drug-likeness (QED) is 0.158. The van der Waals surface area contributed by atoms with Crippen LogP contribution in [-0.2, 0) is 0 Å². The molecule has 0 atom stereocenters. The van der Waals surface area contributed by atoms with Gasteiger partial charge in [0, 0.05) is 23.8 Å². The average molecular weight is 494 g/mol. The highest BCUT2D eigenvalue weighted by Crippen LogP contribution is 2.27. The Hall–Kier alpha value is -4.26. The van der Waals surface area contributed by atoms with Gasteiger partial charge in [0.1, 0.15) is 17.4 Å². The van der Waals surface area contributed by atoms with Crippen molar-refractivity contribution in [3.63, 3.8) is 0 Å². The van der Waals surface area contributed by atoms with E-state index >= 15 is 0 Å². The van der Waals surface area contributed by atoms with Crippen LogP contribution in [0.5, 0.6) is 5.75 Å². The number of halogens is 5. The maximum Gasteiger partial charge on any atom is 0.409 e. The highest BCUT2D eigenvalue weighted by atomic mass is 19.4. The second-order valence-corrected chi connectivity index (χ2v) is 8.09. The maximum atomic E-state index is 14.1. The zero-order valence-corrected chi connectivity index (χ0v) is 18.9. The summed E-state index contributed by atoms with van der Waals surface area (Å²) in [6.07, 6.45) is -4.72. The predicted molar refractivity (Wildman–Crippen MR) is 128 cm³/mol. The normalized spacial score (nSPS) is 11.6. The topological polar surface area (TPSA) is 26.3 Å². The Morgan fingerprint density at radius 1 is 0.722 bits per heavy atom. The Balaban J connectivity index is 1.46. The van der Waals surface area contributed by atoms with Gasteiger partial charge < -0.3 is 4.74 Å². The lowest BCUT2D eigenvalue weighted by molar-refractivity contribution is -0.0790. The van der Waals surface area contributed by atoms with E-state index < -0.39 is 35.1 Å². The first-order chi connectivity index (χ1) is 17.1. The van der Waals surface area contributed by atoms with Gasteiger partial charge in [0.25, 0.3) is 0 Å². The number of carbonyl (C=O) groups is 1. The van der Waals surface area contributed by atoms with E-state index in [-0.39, 0.29) is 17.7 Å². The van der Waals surface area contributed by atoms with Crippen molar-refractivity contribution in [3.05, 3.63) is 119 Å². The van der Waals surface area contributed by atoms with E-state index in [1.165, 1.54) is 17.7 Å². The fourth-order valence-corrected chi connectivity index (χ4v) is 3.52. The number of carbonyl (C=O) groups excluding carboxylic acids is 1. The molecule has 0 bridgehead atoms. The van der Waals surface area contributed by atoms with Crippen LogP contribution in [0.4, 0.5) is 22.0 Å². The molecular formula is C29H19F5O2. The summed E-state index contributed by atoms with van der Waals surface area (Å²) in [5.41, 5.74) is 4.37. The Morgan fingerprint density at radius 2 is 1.14 bits per heavy atom. The van der Waals surface area contributed by atoms with Gasteiger partial charge >= 0.3 is 12.1 Å². The van der Waals surface area contributed by atoms with Crippen molar-refractivity contribution >= 4 is 12.0 Å². The molecule has 0 N–H and O–H groups in total. The fourth-order valence-electron chi connectivity index (χ4n) is 3.52. The second-order valence-electron chi connectivity index (χ2n) is 8.09. The molecule has 4 rings (SSSR count). The monoisotopic (exact) mass is 494 g/mol. The number of hydrogen-bond donors (Lipinski definition) is 0. The molecule has 0 spiro atoms. The van der Waals surface area contributed by atoms with Gasteiger partial charge in [-0.25, -0.2) is 13.6 Å².